The molecule has 4 heteroatoms. The Hall–Kier alpha value is -2.20. The molecule has 2 aromatic carbocycles. The Labute approximate surface area is 131 Å². The van der Waals surface area contributed by atoms with E-state index in [9.17, 15) is 4.79 Å². The summed E-state index contributed by atoms with van der Waals surface area (Å²) in [5.41, 5.74) is 2.97. The number of hydrogen-bond donors (Lipinski definition) is 0. The molecule has 104 valence electrons. The minimum absolute atomic E-state index is 0.137. The lowest BCUT2D eigenvalue weighted by molar-refractivity contribution is 0.0962. The number of carbonyl (C=O) groups is 1. The van der Waals surface area contributed by atoms with Crippen LogP contribution in [0.1, 0.15) is 11.7 Å². The summed E-state index contributed by atoms with van der Waals surface area (Å²) in [5.74, 6) is 0.498. The fourth-order valence-corrected chi connectivity index (χ4v) is 2.48. The number of imidazole rings is 1. The molecule has 0 atom stereocenters. The van der Waals surface area contributed by atoms with E-state index in [1.165, 1.54) is 0 Å². The first-order chi connectivity index (χ1) is 10.1. The molecule has 21 heavy (non-hydrogen) atoms. The van der Waals surface area contributed by atoms with Gasteiger partial charge < -0.3 is 0 Å². The Morgan fingerprint density at radius 1 is 1.14 bits per heavy atom. The number of nitrogens with zero attached hydrogens (tertiary/aromatic N) is 2. The van der Waals surface area contributed by atoms with E-state index in [1.54, 1.807) is 11.5 Å². The molecular formula is C17H13BrN2O. The van der Waals surface area contributed by atoms with Crippen molar-refractivity contribution in [3.63, 3.8) is 0 Å². The van der Waals surface area contributed by atoms with Crippen LogP contribution < -0.4 is 0 Å². The topological polar surface area (TPSA) is 34.9 Å². The quantitative estimate of drug-likeness (QED) is 0.634. The highest BCUT2D eigenvalue weighted by Gasteiger charge is 2.18. The number of halogens is 1. The van der Waals surface area contributed by atoms with Crippen LogP contribution in [0.4, 0.5) is 0 Å². The highest BCUT2D eigenvalue weighted by molar-refractivity contribution is 9.10. The molecule has 0 aliphatic heterocycles. The van der Waals surface area contributed by atoms with Crippen LogP contribution in [0.5, 0.6) is 0 Å². The van der Waals surface area contributed by atoms with Gasteiger partial charge in [-0.15, -0.1) is 0 Å². The van der Waals surface area contributed by atoms with E-state index in [1.807, 2.05) is 48.5 Å². The van der Waals surface area contributed by atoms with E-state index in [0.717, 1.165) is 21.1 Å². The van der Waals surface area contributed by atoms with Gasteiger partial charge >= 0.3 is 0 Å². The van der Waals surface area contributed by atoms with Crippen LogP contribution >= 0.6 is 15.9 Å². The number of carbonyl (C=O) groups excluding carboxylic acids is 1. The van der Waals surface area contributed by atoms with Crippen molar-refractivity contribution in [3.05, 3.63) is 65.2 Å². The second-order valence-corrected chi connectivity index (χ2v) is 5.77. The molecule has 0 fully saturated rings. The van der Waals surface area contributed by atoms with E-state index < -0.39 is 0 Å². The van der Waals surface area contributed by atoms with Crippen molar-refractivity contribution in [1.82, 2.24) is 9.55 Å². The Balaban J connectivity index is 2.31. The summed E-state index contributed by atoms with van der Waals surface area (Å²) in [6.07, 6.45) is 0. The lowest BCUT2D eigenvalue weighted by Gasteiger charge is -2.07. The Morgan fingerprint density at radius 2 is 1.81 bits per heavy atom. The number of fused-ring (bicyclic) bond motifs is 1. The zero-order chi connectivity index (χ0) is 15.0. The third kappa shape index (κ3) is 2.43. The average molecular weight is 341 g/mol. The lowest BCUT2D eigenvalue weighted by atomic mass is 10.2. The van der Waals surface area contributed by atoms with Crippen LogP contribution in [0.25, 0.3) is 22.4 Å². The number of allylic oxidation sites excluding steroid dienone is 1. The van der Waals surface area contributed by atoms with E-state index >= 15 is 0 Å². The van der Waals surface area contributed by atoms with Gasteiger partial charge in [-0.2, -0.15) is 0 Å². The SMILES string of the molecule is C=C(C)C(=O)n1c(-c2ccc(Br)cc2)nc2ccccc21. The lowest BCUT2D eigenvalue weighted by Crippen LogP contribution is -2.12. The fraction of sp³-hybridized carbons (Fsp3) is 0.0588. The smallest absolute Gasteiger partial charge is 0.259 e. The predicted octanol–water partition coefficient (Wildman–Crippen LogP) is 4.68. The molecule has 3 nitrogen and oxygen atoms in total. The van der Waals surface area contributed by atoms with Crippen molar-refractivity contribution in [1.29, 1.82) is 0 Å². The zero-order valence-corrected chi connectivity index (χ0v) is 13.1. The first kappa shape index (κ1) is 13.8. The van der Waals surface area contributed by atoms with Gasteiger partial charge in [-0.3, -0.25) is 9.36 Å². The molecule has 0 unspecified atom stereocenters. The van der Waals surface area contributed by atoms with Gasteiger partial charge in [0.05, 0.1) is 11.0 Å². The molecule has 0 radical (unpaired) electrons. The van der Waals surface area contributed by atoms with Gasteiger partial charge in [0.15, 0.2) is 0 Å². The number of rotatable bonds is 2. The molecule has 3 rings (SSSR count). The van der Waals surface area contributed by atoms with Gasteiger partial charge in [0.1, 0.15) is 5.82 Å². The van der Waals surface area contributed by atoms with Gasteiger partial charge in [-0.05, 0) is 31.2 Å². The minimum atomic E-state index is -0.137. The maximum atomic E-state index is 12.5. The zero-order valence-electron chi connectivity index (χ0n) is 11.5. The van der Waals surface area contributed by atoms with E-state index in [0.29, 0.717) is 11.4 Å². The van der Waals surface area contributed by atoms with Crippen molar-refractivity contribution < 1.29 is 4.79 Å². The van der Waals surface area contributed by atoms with Crippen LogP contribution in [-0.2, 0) is 0 Å². The molecule has 1 aromatic heterocycles. The first-order valence-corrected chi connectivity index (χ1v) is 7.31. The molecule has 3 aromatic rings. The summed E-state index contributed by atoms with van der Waals surface area (Å²) in [6, 6.07) is 15.4. The molecular weight excluding hydrogens is 328 g/mol. The number of benzene rings is 2. The normalized spacial score (nSPS) is 10.8. The molecule has 1 heterocycles. The highest BCUT2D eigenvalue weighted by atomic mass is 79.9. The molecule has 0 saturated heterocycles. The van der Waals surface area contributed by atoms with E-state index in [-0.39, 0.29) is 5.91 Å². The Morgan fingerprint density at radius 3 is 2.48 bits per heavy atom. The monoisotopic (exact) mass is 340 g/mol. The molecule has 0 saturated carbocycles. The van der Waals surface area contributed by atoms with Gasteiger partial charge in [-0.25, -0.2) is 4.98 Å². The van der Waals surface area contributed by atoms with Crippen molar-refractivity contribution >= 4 is 32.9 Å². The summed E-state index contributed by atoms with van der Waals surface area (Å²) >= 11 is 3.42. The summed E-state index contributed by atoms with van der Waals surface area (Å²) in [4.78, 5) is 17.1. The number of para-hydroxylation sites is 2. The molecule has 0 spiro atoms. The summed E-state index contributed by atoms with van der Waals surface area (Å²) in [6.45, 7) is 5.47. The molecule has 0 amide bonds. The molecule has 0 bridgehead atoms. The second-order valence-electron chi connectivity index (χ2n) is 4.85. The summed E-state index contributed by atoms with van der Waals surface area (Å²) < 4.78 is 2.61. The third-order valence-corrected chi connectivity index (χ3v) is 3.76. The summed E-state index contributed by atoms with van der Waals surface area (Å²) in [5, 5.41) is 0. The predicted molar refractivity (Wildman–Crippen MR) is 88.3 cm³/mol. The minimum Gasteiger partial charge on any atom is -0.269 e. The molecule has 0 N–H and O–H groups in total. The number of aromatic nitrogens is 2. The first-order valence-electron chi connectivity index (χ1n) is 6.51. The van der Waals surface area contributed by atoms with E-state index in [4.69, 9.17) is 0 Å². The van der Waals surface area contributed by atoms with Crippen LogP contribution in [0, 0.1) is 0 Å². The maximum absolute atomic E-state index is 12.5. The summed E-state index contributed by atoms with van der Waals surface area (Å²) in [7, 11) is 0. The van der Waals surface area contributed by atoms with Crippen LogP contribution in [0.2, 0.25) is 0 Å². The van der Waals surface area contributed by atoms with Crippen LogP contribution in [-0.4, -0.2) is 15.5 Å². The van der Waals surface area contributed by atoms with Crippen molar-refractivity contribution in [2.24, 2.45) is 0 Å². The van der Waals surface area contributed by atoms with Gasteiger partial charge in [0, 0.05) is 15.6 Å². The van der Waals surface area contributed by atoms with E-state index in [2.05, 4.69) is 27.5 Å². The fourth-order valence-electron chi connectivity index (χ4n) is 2.22. The van der Waals surface area contributed by atoms with Crippen molar-refractivity contribution in [2.45, 2.75) is 6.92 Å². The van der Waals surface area contributed by atoms with Crippen molar-refractivity contribution in [2.75, 3.05) is 0 Å². The Kier molecular flexibility index (Phi) is 3.47. The molecule has 0 aliphatic carbocycles. The molecule has 0 aliphatic rings. The van der Waals surface area contributed by atoms with Gasteiger partial charge in [0.25, 0.3) is 5.91 Å². The third-order valence-electron chi connectivity index (χ3n) is 3.23. The van der Waals surface area contributed by atoms with Crippen LogP contribution in [0.15, 0.2) is 65.2 Å². The second kappa shape index (κ2) is 5.30. The van der Waals surface area contributed by atoms with Gasteiger partial charge in [-0.1, -0.05) is 46.8 Å². The average Bonchev–Trinajstić information content (AvgIpc) is 2.86. The maximum Gasteiger partial charge on any atom is 0.259 e. The Bertz CT molecular complexity index is 847. The van der Waals surface area contributed by atoms with Crippen molar-refractivity contribution in [3.8, 4) is 11.4 Å². The van der Waals surface area contributed by atoms with Gasteiger partial charge in [0.2, 0.25) is 0 Å². The highest BCUT2D eigenvalue weighted by Crippen LogP contribution is 2.26. The largest absolute Gasteiger partial charge is 0.269 e. The standard InChI is InChI=1S/C17H13BrN2O/c1-11(2)17(21)20-15-6-4-3-5-14(15)19-16(20)12-7-9-13(18)10-8-12/h3-10H,1H2,2H3. The van der Waals surface area contributed by atoms with Crippen LogP contribution in [0.3, 0.4) is 0 Å². The number of hydrogen-bond acceptors (Lipinski definition) is 2.